The van der Waals surface area contributed by atoms with E-state index in [0.717, 1.165) is 16.8 Å². The Morgan fingerprint density at radius 1 is 1.25 bits per heavy atom. The zero-order valence-corrected chi connectivity index (χ0v) is 6.40. The summed E-state index contributed by atoms with van der Waals surface area (Å²) >= 11 is 0. The molecule has 0 unspecified atom stereocenters. The van der Waals surface area contributed by atoms with E-state index in [1.165, 1.54) is 0 Å². The monoisotopic (exact) mass is 160 g/mol. The van der Waals surface area contributed by atoms with Gasteiger partial charge in [0, 0.05) is 11.3 Å². The van der Waals surface area contributed by atoms with Gasteiger partial charge in [0.1, 0.15) is 6.26 Å². The molecular formula is C9H8N2O. The Labute approximate surface area is 69.8 Å². The third kappa shape index (κ3) is 1.16. The maximum Gasteiger partial charge on any atom is 0.131 e. The topological polar surface area (TPSA) is 52.0 Å². The molecule has 0 atom stereocenters. The minimum Gasteiger partial charge on any atom is -0.399 e. The molecule has 2 rings (SSSR count). The average molecular weight is 160 g/mol. The van der Waals surface area contributed by atoms with Crippen molar-refractivity contribution in [1.82, 2.24) is 5.16 Å². The molecular weight excluding hydrogens is 152 g/mol. The lowest BCUT2D eigenvalue weighted by molar-refractivity contribution is 0.420. The lowest BCUT2D eigenvalue weighted by Crippen LogP contribution is -1.83. The van der Waals surface area contributed by atoms with Crippen molar-refractivity contribution in [1.29, 1.82) is 0 Å². The van der Waals surface area contributed by atoms with Crippen LogP contribution in [-0.2, 0) is 0 Å². The van der Waals surface area contributed by atoms with Crippen molar-refractivity contribution >= 4 is 5.69 Å². The van der Waals surface area contributed by atoms with Gasteiger partial charge in [-0.15, -0.1) is 0 Å². The van der Waals surface area contributed by atoms with Crippen LogP contribution in [0.2, 0.25) is 0 Å². The maximum absolute atomic E-state index is 5.61. The van der Waals surface area contributed by atoms with Gasteiger partial charge in [-0.05, 0) is 17.7 Å². The van der Waals surface area contributed by atoms with Crippen LogP contribution >= 0.6 is 0 Å². The van der Waals surface area contributed by atoms with Gasteiger partial charge in [-0.25, -0.2) is 0 Å². The molecule has 1 heterocycles. The van der Waals surface area contributed by atoms with Crippen molar-refractivity contribution in [3.63, 3.8) is 0 Å². The molecule has 0 aliphatic rings. The van der Waals surface area contributed by atoms with E-state index >= 15 is 0 Å². The molecule has 2 N–H and O–H groups in total. The SMILES string of the molecule is Nc1cccc(-c2cnoc2)c1. The Kier molecular flexibility index (Phi) is 1.55. The van der Waals surface area contributed by atoms with E-state index in [2.05, 4.69) is 5.16 Å². The van der Waals surface area contributed by atoms with E-state index in [1.54, 1.807) is 12.5 Å². The first-order valence-electron chi connectivity index (χ1n) is 3.61. The summed E-state index contributed by atoms with van der Waals surface area (Å²) in [6.07, 6.45) is 3.25. The van der Waals surface area contributed by atoms with Crippen LogP contribution in [0.3, 0.4) is 0 Å². The minimum atomic E-state index is 0.744. The van der Waals surface area contributed by atoms with Crippen LogP contribution in [0.25, 0.3) is 11.1 Å². The largest absolute Gasteiger partial charge is 0.399 e. The Hall–Kier alpha value is -1.77. The van der Waals surface area contributed by atoms with Crippen LogP contribution in [0.4, 0.5) is 5.69 Å². The lowest BCUT2D eigenvalue weighted by atomic mass is 10.1. The number of nitrogens with two attached hydrogens (primary N) is 1. The van der Waals surface area contributed by atoms with Crippen LogP contribution in [0.5, 0.6) is 0 Å². The van der Waals surface area contributed by atoms with E-state index in [4.69, 9.17) is 10.3 Å². The fourth-order valence-corrected chi connectivity index (χ4v) is 1.07. The van der Waals surface area contributed by atoms with E-state index < -0.39 is 0 Å². The number of rotatable bonds is 1. The predicted molar refractivity (Wildman–Crippen MR) is 46.4 cm³/mol. The average Bonchev–Trinajstić information content (AvgIpc) is 2.56. The summed E-state index contributed by atoms with van der Waals surface area (Å²) in [5.74, 6) is 0. The number of aromatic nitrogens is 1. The molecule has 0 saturated carbocycles. The van der Waals surface area contributed by atoms with Crippen LogP contribution in [0, 0.1) is 0 Å². The van der Waals surface area contributed by atoms with Crippen molar-refractivity contribution in [3.05, 3.63) is 36.7 Å². The Morgan fingerprint density at radius 3 is 2.83 bits per heavy atom. The molecule has 0 spiro atoms. The standard InChI is InChI=1S/C9H8N2O/c10-9-3-1-2-7(4-9)8-5-11-12-6-8/h1-6H,10H2. The van der Waals surface area contributed by atoms with Gasteiger partial charge in [-0.3, -0.25) is 0 Å². The summed E-state index contributed by atoms with van der Waals surface area (Å²) < 4.78 is 4.72. The molecule has 0 aliphatic carbocycles. The minimum absolute atomic E-state index is 0.744. The number of nitrogens with zero attached hydrogens (tertiary/aromatic N) is 1. The molecule has 3 nitrogen and oxygen atoms in total. The van der Waals surface area contributed by atoms with Crippen LogP contribution in [-0.4, -0.2) is 5.16 Å². The number of anilines is 1. The highest BCUT2D eigenvalue weighted by atomic mass is 16.5. The Morgan fingerprint density at radius 2 is 2.17 bits per heavy atom. The second kappa shape index (κ2) is 2.70. The molecule has 2 aromatic rings. The number of hydrogen-bond acceptors (Lipinski definition) is 3. The number of hydrogen-bond donors (Lipinski definition) is 1. The van der Waals surface area contributed by atoms with E-state index in [-0.39, 0.29) is 0 Å². The summed E-state index contributed by atoms with van der Waals surface area (Å²) in [5, 5.41) is 3.61. The van der Waals surface area contributed by atoms with Crippen molar-refractivity contribution in [3.8, 4) is 11.1 Å². The van der Waals surface area contributed by atoms with Crippen molar-refractivity contribution in [2.24, 2.45) is 0 Å². The van der Waals surface area contributed by atoms with Crippen molar-refractivity contribution < 1.29 is 4.52 Å². The molecule has 0 bridgehead atoms. The first kappa shape index (κ1) is 6.91. The number of benzene rings is 1. The highest BCUT2D eigenvalue weighted by Gasteiger charge is 1.98. The summed E-state index contributed by atoms with van der Waals surface area (Å²) in [5.41, 5.74) is 8.33. The van der Waals surface area contributed by atoms with Crippen LogP contribution < -0.4 is 5.73 Å². The molecule has 0 saturated heterocycles. The van der Waals surface area contributed by atoms with Gasteiger partial charge in [-0.1, -0.05) is 17.3 Å². The van der Waals surface area contributed by atoms with Crippen molar-refractivity contribution in [2.75, 3.05) is 5.73 Å². The summed E-state index contributed by atoms with van der Waals surface area (Å²) in [4.78, 5) is 0. The second-order valence-electron chi connectivity index (χ2n) is 2.54. The van der Waals surface area contributed by atoms with Gasteiger partial charge in [0.15, 0.2) is 0 Å². The molecule has 0 radical (unpaired) electrons. The van der Waals surface area contributed by atoms with Gasteiger partial charge in [0.2, 0.25) is 0 Å². The zero-order chi connectivity index (χ0) is 8.39. The summed E-state index contributed by atoms with van der Waals surface area (Å²) in [7, 11) is 0. The van der Waals surface area contributed by atoms with Crippen LogP contribution in [0.15, 0.2) is 41.2 Å². The van der Waals surface area contributed by atoms with Gasteiger partial charge >= 0.3 is 0 Å². The highest BCUT2D eigenvalue weighted by molar-refractivity contribution is 5.65. The van der Waals surface area contributed by atoms with Gasteiger partial charge in [-0.2, -0.15) is 0 Å². The highest BCUT2D eigenvalue weighted by Crippen LogP contribution is 2.19. The van der Waals surface area contributed by atoms with Gasteiger partial charge in [0.05, 0.1) is 6.20 Å². The summed E-state index contributed by atoms with van der Waals surface area (Å²) in [6.45, 7) is 0. The fraction of sp³-hybridized carbons (Fsp3) is 0. The van der Waals surface area contributed by atoms with Crippen LogP contribution in [0.1, 0.15) is 0 Å². The fourth-order valence-electron chi connectivity index (χ4n) is 1.07. The molecule has 1 aromatic heterocycles. The predicted octanol–water partition coefficient (Wildman–Crippen LogP) is 1.92. The molecule has 0 aliphatic heterocycles. The lowest BCUT2D eigenvalue weighted by Gasteiger charge is -1.96. The maximum atomic E-state index is 5.61. The number of nitrogen functional groups attached to an aromatic ring is 1. The quantitative estimate of drug-likeness (QED) is 0.648. The smallest absolute Gasteiger partial charge is 0.131 e. The third-order valence-corrected chi connectivity index (χ3v) is 1.65. The van der Waals surface area contributed by atoms with Gasteiger partial charge in [0.25, 0.3) is 0 Å². The Balaban J connectivity index is 2.48. The molecule has 60 valence electrons. The molecule has 0 fully saturated rings. The van der Waals surface area contributed by atoms with Gasteiger partial charge < -0.3 is 10.3 Å². The molecule has 3 heteroatoms. The van der Waals surface area contributed by atoms with Crippen molar-refractivity contribution in [2.45, 2.75) is 0 Å². The first-order valence-corrected chi connectivity index (χ1v) is 3.61. The van der Waals surface area contributed by atoms with E-state index in [9.17, 15) is 0 Å². The second-order valence-corrected chi connectivity index (χ2v) is 2.54. The van der Waals surface area contributed by atoms with E-state index in [1.807, 2.05) is 24.3 Å². The zero-order valence-electron chi connectivity index (χ0n) is 6.40. The third-order valence-electron chi connectivity index (χ3n) is 1.65. The first-order chi connectivity index (χ1) is 5.86. The molecule has 12 heavy (non-hydrogen) atoms. The van der Waals surface area contributed by atoms with E-state index in [0.29, 0.717) is 0 Å². The molecule has 1 aromatic carbocycles. The normalized spacial score (nSPS) is 10.0. The Bertz CT molecular complexity index is 368. The summed E-state index contributed by atoms with van der Waals surface area (Å²) in [6, 6.07) is 7.59. The molecule has 0 amide bonds.